The van der Waals surface area contributed by atoms with Gasteiger partial charge in [0.1, 0.15) is 5.75 Å². The Bertz CT molecular complexity index is 605. The van der Waals surface area contributed by atoms with E-state index in [0.717, 1.165) is 0 Å². The summed E-state index contributed by atoms with van der Waals surface area (Å²) in [5.74, 6) is 0.0105. The van der Waals surface area contributed by atoms with E-state index in [-0.39, 0.29) is 0 Å². The third-order valence-electron chi connectivity index (χ3n) is 2.79. The van der Waals surface area contributed by atoms with Crippen molar-refractivity contribution in [2.75, 3.05) is 7.11 Å². The normalized spacial score (nSPS) is 12.2. The fraction of sp³-hybridized carbons (Fsp3) is 0.231. The number of nitrogens with zero attached hydrogens (tertiary/aromatic N) is 2. The highest BCUT2D eigenvalue weighted by Gasteiger charge is 2.16. The Labute approximate surface area is 110 Å². The molecule has 6 nitrogen and oxygen atoms in total. The van der Waals surface area contributed by atoms with Gasteiger partial charge in [-0.25, -0.2) is 4.68 Å². The zero-order valence-electron chi connectivity index (χ0n) is 10.7. The molecule has 0 aliphatic carbocycles. The molecule has 1 aromatic heterocycles. The standard InChI is InChI=1S/C13H15N3O3/c1-8(17)12-10(4-3-5-11(12)19-2)16-7-9(6-15-16)13(14)18/h3-8,17H,1-2H3,(H2,14,18)/t8-/m0/s1. The minimum absolute atomic E-state index is 0.305. The monoisotopic (exact) mass is 261 g/mol. The second kappa shape index (κ2) is 5.11. The summed E-state index contributed by atoms with van der Waals surface area (Å²) in [5, 5.41) is 14.0. The van der Waals surface area contributed by atoms with Crippen molar-refractivity contribution in [2.24, 2.45) is 5.73 Å². The lowest BCUT2D eigenvalue weighted by Gasteiger charge is -2.15. The van der Waals surface area contributed by atoms with Crippen molar-refractivity contribution in [3.63, 3.8) is 0 Å². The SMILES string of the molecule is COc1cccc(-n2cc(C(N)=O)cn2)c1[C@H](C)O. The van der Waals surface area contributed by atoms with Crippen LogP contribution in [0.3, 0.4) is 0 Å². The summed E-state index contributed by atoms with van der Waals surface area (Å²) < 4.78 is 6.72. The Hall–Kier alpha value is -2.34. The number of aliphatic hydroxyl groups excluding tert-OH is 1. The first-order chi connectivity index (χ1) is 9.04. The number of carbonyl (C=O) groups excluding carboxylic acids is 1. The number of carbonyl (C=O) groups is 1. The first kappa shape index (κ1) is 13.1. The molecule has 0 fully saturated rings. The maximum absolute atomic E-state index is 11.1. The van der Waals surface area contributed by atoms with E-state index >= 15 is 0 Å². The molecule has 2 rings (SSSR count). The van der Waals surface area contributed by atoms with Gasteiger partial charge in [0, 0.05) is 11.8 Å². The Morgan fingerprint density at radius 3 is 2.79 bits per heavy atom. The van der Waals surface area contributed by atoms with Crippen LogP contribution in [-0.4, -0.2) is 27.9 Å². The highest BCUT2D eigenvalue weighted by molar-refractivity contribution is 5.92. The molecule has 0 saturated carbocycles. The minimum Gasteiger partial charge on any atom is -0.496 e. The highest BCUT2D eigenvalue weighted by atomic mass is 16.5. The van der Waals surface area contributed by atoms with Crippen LogP contribution in [0.5, 0.6) is 5.75 Å². The summed E-state index contributed by atoms with van der Waals surface area (Å²) in [6.07, 6.45) is 2.17. The number of amides is 1. The molecule has 1 atom stereocenters. The van der Waals surface area contributed by atoms with Crippen LogP contribution < -0.4 is 10.5 Å². The van der Waals surface area contributed by atoms with Crippen LogP contribution in [0, 0.1) is 0 Å². The molecule has 100 valence electrons. The van der Waals surface area contributed by atoms with Gasteiger partial charge in [-0.05, 0) is 19.1 Å². The molecule has 1 heterocycles. The topological polar surface area (TPSA) is 90.4 Å². The fourth-order valence-corrected chi connectivity index (χ4v) is 1.91. The number of nitrogens with two attached hydrogens (primary N) is 1. The van der Waals surface area contributed by atoms with E-state index in [1.54, 1.807) is 25.1 Å². The van der Waals surface area contributed by atoms with Crippen LogP contribution in [0.2, 0.25) is 0 Å². The molecule has 3 N–H and O–H groups in total. The quantitative estimate of drug-likeness (QED) is 0.860. The van der Waals surface area contributed by atoms with Gasteiger partial charge in [0.25, 0.3) is 5.91 Å². The lowest BCUT2D eigenvalue weighted by molar-refractivity contribution is 0.100. The van der Waals surface area contributed by atoms with Gasteiger partial charge in [0.15, 0.2) is 0 Å². The lowest BCUT2D eigenvalue weighted by atomic mass is 10.1. The van der Waals surface area contributed by atoms with E-state index in [1.807, 2.05) is 0 Å². The number of hydrogen-bond donors (Lipinski definition) is 2. The van der Waals surface area contributed by atoms with Crippen molar-refractivity contribution in [2.45, 2.75) is 13.0 Å². The number of ether oxygens (including phenoxy) is 1. The first-order valence-electron chi connectivity index (χ1n) is 5.74. The van der Waals surface area contributed by atoms with Crippen molar-refractivity contribution in [1.82, 2.24) is 9.78 Å². The van der Waals surface area contributed by atoms with E-state index in [0.29, 0.717) is 22.6 Å². The van der Waals surface area contributed by atoms with Crippen LogP contribution in [0.4, 0.5) is 0 Å². The van der Waals surface area contributed by atoms with Crippen LogP contribution in [0.25, 0.3) is 5.69 Å². The Morgan fingerprint density at radius 2 is 2.26 bits per heavy atom. The van der Waals surface area contributed by atoms with Crippen molar-refractivity contribution < 1.29 is 14.6 Å². The molecule has 0 spiro atoms. The summed E-state index contributed by atoms with van der Waals surface area (Å²) >= 11 is 0. The zero-order valence-corrected chi connectivity index (χ0v) is 10.7. The smallest absolute Gasteiger partial charge is 0.251 e. The number of primary amides is 1. The maximum Gasteiger partial charge on any atom is 0.251 e. The van der Waals surface area contributed by atoms with Crippen molar-refractivity contribution in [3.8, 4) is 11.4 Å². The largest absolute Gasteiger partial charge is 0.496 e. The van der Waals surface area contributed by atoms with Crippen LogP contribution in [0.15, 0.2) is 30.6 Å². The third-order valence-corrected chi connectivity index (χ3v) is 2.79. The molecule has 0 bridgehead atoms. The van der Waals surface area contributed by atoms with Gasteiger partial charge >= 0.3 is 0 Å². The van der Waals surface area contributed by atoms with Gasteiger partial charge < -0.3 is 15.6 Å². The molecule has 0 saturated heterocycles. The fourth-order valence-electron chi connectivity index (χ4n) is 1.91. The average Bonchev–Trinajstić information content (AvgIpc) is 2.87. The average molecular weight is 261 g/mol. The lowest BCUT2D eigenvalue weighted by Crippen LogP contribution is -2.10. The molecule has 1 amide bonds. The van der Waals surface area contributed by atoms with Gasteiger partial charge in [0.2, 0.25) is 0 Å². The van der Waals surface area contributed by atoms with E-state index in [1.165, 1.54) is 24.2 Å². The summed E-state index contributed by atoms with van der Waals surface area (Å²) in [5.41, 5.74) is 6.74. The second-order valence-electron chi connectivity index (χ2n) is 4.11. The zero-order chi connectivity index (χ0) is 14.0. The Kier molecular flexibility index (Phi) is 3.52. The number of aromatic nitrogens is 2. The van der Waals surface area contributed by atoms with Gasteiger partial charge in [-0.3, -0.25) is 4.79 Å². The molecular formula is C13H15N3O3. The number of aliphatic hydroxyl groups is 1. The third kappa shape index (κ3) is 2.43. The van der Waals surface area contributed by atoms with Crippen molar-refractivity contribution in [1.29, 1.82) is 0 Å². The molecule has 0 radical (unpaired) electrons. The first-order valence-corrected chi connectivity index (χ1v) is 5.74. The molecule has 0 aliphatic rings. The number of rotatable bonds is 4. The number of benzene rings is 1. The summed E-state index contributed by atoms with van der Waals surface area (Å²) in [6, 6.07) is 5.32. The number of methoxy groups -OCH3 is 1. The summed E-state index contributed by atoms with van der Waals surface area (Å²) in [4.78, 5) is 11.1. The van der Waals surface area contributed by atoms with Crippen LogP contribution in [0.1, 0.15) is 28.9 Å². The van der Waals surface area contributed by atoms with Gasteiger partial charge in [-0.2, -0.15) is 5.10 Å². The molecule has 2 aromatic rings. The molecular weight excluding hydrogens is 246 g/mol. The van der Waals surface area contributed by atoms with Crippen molar-refractivity contribution in [3.05, 3.63) is 41.7 Å². The molecule has 19 heavy (non-hydrogen) atoms. The van der Waals surface area contributed by atoms with Gasteiger partial charge in [-0.1, -0.05) is 6.07 Å². The Balaban J connectivity index is 2.57. The molecule has 1 aromatic carbocycles. The second-order valence-corrected chi connectivity index (χ2v) is 4.11. The number of hydrogen-bond acceptors (Lipinski definition) is 4. The molecule has 6 heteroatoms. The van der Waals surface area contributed by atoms with Crippen LogP contribution in [-0.2, 0) is 0 Å². The van der Waals surface area contributed by atoms with Gasteiger partial charge in [0.05, 0.1) is 30.7 Å². The summed E-state index contributed by atoms with van der Waals surface area (Å²) in [6.45, 7) is 1.64. The highest BCUT2D eigenvalue weighted by Crippen LogP contribution is 2.30. The van der Waals surface area contributed by atoms with Crippen molar-refractivity contribution >= 4 is 5.91 Å². The predicted octanol–water partition coefficient (Wildman–Crippen LogP) is 1.03. The molecule has 0 unspecified atom stereocenters. The Morgan fingerprint density at radius 1 is 1.53 bits per heavy atom. The minimum atomic E-state index is -0.729. The van der Waals surface area contributed by atoms with E-state index in [9.17, 15) is 9.90 Å². The van der Waals surface area contributed by atoms with E-state index in [2.05, 4.69) is 5.10 Å². The van der Waals surface area contributed by atoms with Gasteiger partial charge in [-0.15, -0.1) is 0 Å². The van der Waals surface area contributed by atoms with E-state index in [4.69, 9.17) is 10.5 Å². The van der Waals surface area contributed by atoms with Crippen LogP contribution >= 0.6 is 0 Å². The predicted molar refractivity (Wildman–Crippen MR) is 69.3 cm³/mol. The van der Waals surface area contributed by atoms with E-state index < -0.39 is 12.0 Å². The molecule has 0 aliphatic heterocycles. The maximum atomic E-state index is 11.1. The summed E-state index contributed by atoms with van der Waals surface area (Å²) in [7, 11) is 1.53.